The van der Waals surface area contributed by atoms with Gasteiger partial charge in [-0.25, -0.2) is 0 Å². The first-order chi connectivity index (χ1) is 7.01. The molecule has 1 saturated heterocycles. The average molecular weight is 210 g/mol. The molecule has 0 unspecified atom stereocenters. The molecule has 0 aromatic rings. The molecule has 1 aliphatic heterocycles. The van der Waals surface area contributed by atoms with Gasteiger partial charge in [-0.15, -0.1) is 0 Å². The molecule has 1 saturated carbocycles. The predicted octanol–water partition coefficient (Wildman–Crippen LogP) is 2.10. The maximum Gasteiger partial charge on any atom is 0.00954 e. The SMILES string of the molecule is CC(C)N[C@H]1CCC2(C[C@H]1C)CN(C)C2. The van der Waals surface area contributed by atoms with Gasteiger partial charge in [0.15, 0.2) is 0 Å². The Labute approximate surface area is 94.4 Å². The van der Waals surface area contributed by atoms with Crippen LogP contribution in [0.4, 0.5) is 0 Å². The molecule has 2 nitrogen and oxygen atoms in total. The zero-order valence-electron chi connectivity index (χ0n) is 10.7. The van der Waals surface area contributed by atoms with Crippen molar-refractivity contribution >= 4 is 0 Å². The number of nitrogens with zero attached hydrogens (tertiary/aromatic N) is 1. The smallest absolute Gasteiger partial charge is 0.00954 e. The molecule has 2 aliphatic rings. The van der Waals surface area contributed by atoms with Gasteiger partial charge in [0.25, 0.3) is 0 Å². The van der Waals surface area contributed by atoms with Gasteiger partial charge in [0.05, 0.1) is 0 Å². The van der Waals surface area contributed by atoms with Crippen LogP contribution in [0.15, 0.2) is 0 Å². The number of nitrogens with one attached hydrogen (secondary N) is 1. The monoisotopic (exact) mass is 210 g/mol. The lowest BCUT2D eigenvalue weighted by molar-refractivity contribution is -0.0344. The second-order valence-corrected chi connectivity index (χ2v) is 6.32. The highest BCUT2D eigenvalue weighted by molar-refractivity contribution is 5.00. The summed E-state index contributed by atoms with van der Waals surface area (Å²) >= 11 is 0. The van der Waals surface area contributed by atoms with Crippen molar-refractivity contribution in [2.24, 2.45) is 11.3 Å². The van der Waals surface area contributed by atoms with Crippen LogP contribution in [-0.4, -0.2) is 37.1 Å². The first-order valence-corrected chi connectivity index (χ1v) is 6.45. The molecular formula is C13H26N2. The van der Waals surface area contributed by atoms with Crippen molar-refractivity contribution in [3.8, 4) is 0 Å². The standard InChI is InChI=1S/C13H26N2/c1-10(2)14-12-5-6-13(7-11(12)3)8-15(4)9-13/h10-12,14H,5-9H2,1-4H3/t11-,12+/m1/s1. The van der Waals surface area contributed by atoms with Crippen LogP contribution < -0.4 is 5.32 Å². The molecule has 0 bridgehead atoms. The van der Waals surface area contributed by atoms with Crippen molar-refractivity contribution < 1.29 is 0 Å². The molecule has 1 N–H and O–H groups in total. The fourth-order valence-corrected chi connectivity index (χ4v) is 3.74. The molecule has 0 amide bonds. The fraction of sp³-hybridized carbons (Fsp3) is 1.00. The summed E-state index contributed by atoms with van der Waals surface area (Å²) in [5.41, 5.74) is 0.698. The Kier molecular flexibility index (Phi) is 3.09. The van der Waals surface area contributed by atoms with Crippen molar-refractivity contribution in [2.75, 3.05) is 20.1 Å². The van der Waals surface area contributed by atoms with Gasteiger partial charge in [0.1, 0.15) is 0 Å². The summed E-state index contributed by atoms with van der Waals surface area (Å²) < 4.78 is 0. The Bertz CT molecular complexity index is 219. The zero-order valence-corrected chi connectivity index (χ0v) is 10.7. The summed E-state index contributed by atoms with van der Waals surface area (Å²) in [5, 5.41) is 3.72. The number of rotatable bonds is 2. The highest BCUT2D eigenvalue weighted by atomic mass is 15.2. The van der Waals surface area contributed by atoms with E-state index in [9.17, 15) is 0 Å². The van der Waals surface area contributed by atoms with Crippen molar-refractivity contribution in [1.82, 2.24) is 10.2 Å². The minimum Gasteiger partial charge on any atom is -0.312 e. The molecule has 0 radical (unpaired) electrons. The van der Waals surface area contributed by atoms with Crippen molar-refractivity contribution in [1.29, 1.82) is 0 Å². The van der Waals surface area contributed by atoms with Gasteiger partial charge in [0, 0.05) is 25.2 Å². The Morgan fingerprint density at radius 2 is 2.00 bits per heavy atom. The van der Waals surface area contributed by atoms with Crippen molar-refractivity contribution in [2.45, 2.75) is 52.1 Å². The van der Waals surface area contributed by atoms with Gasteiger partial charge in [-0.2, -0.15) is 0 Å². The van der Waals surface area contributed by atoms with Gasteiger partial charge in [0.2, 0.25) is 0 Å². The van der Waals surface area contributed by atoms with Crippen LogP contribution in [0, 0.1) is 11.3 Å². The van der Waals surface area contributed by atoms with Crippen molar-refractivity contribution in [3.63, 3.8) is 0 Å². The van der Waals surface area contributed by atoms with Crippen LogP contribution in [0.25, 0.3) is 0 Å². The maximum atomic E-state index is 3.72. The van der Waals surface area contributed by atoms with E-state index in [1.807, 2.05) is 0 Å². The molecule has 0 aromatic carbocycles. The van der Waals surface area contributed by atoms with Crippen LogP contribution in [-0.2, 0) is 0 Å². The van der Waals surface area contributed by atoms with E-state index in [1.54, 1.807) is 0 Å². The third-order valence-electron chi connectivity index (χ3n) is 4.19. The highest BCUT2D eigenvalue weighted by Gasteiger charge is 2.45. The van der Waals surface area contributed by atoms with Gasteiger partial charge in [-0.3, -0.25) is 0 Å². The maximum absolute atomic E-state index is 3.72. The molecule has 0 aromatic heterocycles. The zero-order chi connectivity index (χ0) is 11.1. The molecule has 15 heavy (non-hydrogen) atoms. The third kappa shape index (κ3) is 2.36. The second kappa shape index (κ2) is 4.06. The molecule has 1 spiro atoms. The fourth-order valence-electron chi connectivity index (χ4n) is 3.74. The Morgan fingerprint density at radius 3 is 2.47 bits per heavy atom. The van der Waals surface area contributed by atoms with Crippen molar-refractivity contribution in [3.05, 3.63) is 0 Å². The number of likely N-dealkylation sites (tertiary alicyclic amines) is 1. The molecule has 2 atom stereocenters. The molecule has 2 fully saturated rings. The van der Waals surface area contributed by atoms with Gasteiger partial charge in [-0.1, -0.05) is 20.8 Å². The highest BCUT2D eigenvalue weighted by Crippen LogP contribution is 2.45. The molecule has 2 heteroatoms. The molecule has 2 rings (SSSR count). The molecule has 1 heterocycles. The lowest BCUT2D eigenvalue weighted by atomic mass is 9.64. The van der Waals surface area contributed by atoms with E-state index in [0.717, 1.165) is 12.0 Å². The summed E-state index contributed by atoms with van der Waals surface area (Å²) in [5.74, 6) is 0.856. The Balaban J connectivity index is 1.86. The van der Waals surface area contributed by atoms with Crippen LogP contribution in [0.3, 0.4) is 0 Å². The van der Waals surface area contributed by atoms with E-state index in [1.165, 1.54) is 32.4 Å². The van der Waals surface area contributed by atoms with Crippen LogP contribution in [0.5, 0.6) is 0 Å². The Hall–Kier alpha value is -0.0800. The third-order valence-corrected chi connectivity index (χ3v) is 4.19. The predicted molar refractivity (Wildman–Crippen MR) is 65.0 cm³/mol. The van der Waals surface area contributed by atoms with E-state index in [4.69, 9.17) is 0 Å². The second-order valence-electron chi connectivity index (χ2n) is 6.32. The molecule has 88 valence electrons. The molecular weight excluding hydrogens is 184 g/mol. The quantitative estimate of drug-likeness (QED) is 0.751. The first-order valence-electron chi connectivity index (χ1n) is 6.45. The Morgan fingerprint density at radius 1 is 1.33 bits per heavy atom. The largest absolute Gasteiger partial charge is 0.312 e. The lowest BCUT2D eigenvalue weighted by Crippen LogP contribution is -2.59. The van der Waals surface area contributed by atoms with E-state index in [0.29, 0.717) is 11.5 Å². The van der Waals surface area contributed by atoms with E-state index >= 15 is 0 Å². The normalized spacial score (nSPS) is 35.8. The summed E-state index contributed by atoms with van der Waals surface area (Å²) in [7, 11) is 2.24. The van der Waals surface area contributed by atoms with E-state index < -0.39 is 0 Å². The van der Waals surface area contributed by atoms with E-state index in [2.05, 4.69) is 38.0 Å². The lowest BCUT2D eigenvalue weighted by Gasteiger charge is -2.54. The summed E-state index contributed by atoms with van der Waals surface area (Å²) in [6, 6.07) is 1.40. The van der Waals surface area contributed by atoms with E-state index in [-0.39, 0.29) is 0 Å². The van der Waals surface area contributed by atoms with Gasteiger partial charge < -0.3 is 10.2 Å². The minimum absolute atomic E-state index is 0.635. The van der Waals surface area contributed by atoms with Crippen LogP contribution >= 0.6 is 0 Å². The first kappa shape index (κ1) is 11.4. The summed E-state index contributed by atoms with van der Waals surface area (Å²) in [6.45, 7) is 9.62. The minimum atomic E-state index is 0.635. The van der Waals surface area contributed by atoms with Crippen LogP contribution in [0.2, 0.25) is 0 Å². The number of hydrogen-bond donors (Lipinski definition) is 1. The number of hydrogen-bond acceptors (Lipinski definition) is 2. The van der Waals surface area contributed by atoms with Gasteiger partial charge in [-0.05, 0) is 37.6 Å². The topological polar surface area (TPSA) is 15.3 Å². The average Bonchev–Trinajstić information content (AvgIpc) is 2.07. The summed E-state index contributed by atoms with van der Waals surface area (Å²) in [4.78, 5) is 2.46. The summed E-state index contributed by atoms with van der Waals surface area (Å²) in [6.07, 6.45) is 4.25. The molecule has 1 aliphatic carbocycles. The van der Waals surface area contributed by atoms with Gasteiger partial charge >= 0.3 is 0 Å². The van der Waals surface area contributed by atoms with Crippen LogP contribution in [0.1, 0.15) is 40.0 Å².